The molecule has 20 heteroatoms. The van der Waals surface area contributed by atoms with Crippen molar-refractivity contribution in [2.75, 3.05) is 26.4 Å². The minimum absolute atomic E-state index is 0.490. The van der Waals surface area contributed by atoms with E-state index in [2.05, 4.69) is 0 Å². The molecule has 0 spiro atoms. The normalized spacial score (nSPS) is 53.1. The number of aliphatic hydroxyl groups is 13. The lowest BCUT2D eigenvalue weighted by atomic mass is 9.96. The van der Waals surface area contributed by atoms with E-state index < -0.39 is 143 Å². The summed E-state index contributed by atoms with van der Waals surface area (Å²) in [6.45, 7) is -3.01. The van der Waals surface area contributed by atoms with Gasteiger partial charge in [0.2, 0.25) is 0 Å². The summed E-state index contributed by atoms with van der Waals surface area (Å²) >= 11 is 0. The quantitative estimate of drug-likeness (QED) is 0.112. The van der Waals surface area contributed by atoms with Crippen molar-refractivity contribution >= 4 is 0 Å². The zero-order valence-corrected chi connectivity index (χ0v) is 22.5. The second-order valence-corrected chi connectivity index (χ2v) is 10.7. The van der Waals surface area contributed by atoms with Gasteiger partial charge in [0.25, 0.3) is 0 Å². The van der Waals surface area contributed by atoms with Gasteiger partial charge in [-0.1, -0.05) is 0 Å². The van der Waals surface area contributed by atoms with Gasteiger partial charge in [-0.15, -0.1) is 0 Å². The lowest BCUT2D eigenvalue weighted by molar-refractivity contribution is -0.394. The Bertz CT molecular complexity index is 869. The van der Waals surface area contributed by atoms with Crippen LogP contribution in [0.15, 0.2) is 0 Å². The summed E-state index contributed by atoms with van der Waals surface area (Å²) in [5.74, 6) is 0. The summed E-state index contributed by atoms with van der Waals surface area (Å²) in [6.07, 6.45) is -33.3. The van der Waals surface area contributed by atoms with Gasteiger partial charge in [0.05, 0.1) is 26.4 Å². The Balaban J connectivity index is 1.55. The van der Waals surface area contributed by atoms with E-state index in [0.29, 0.717) is 0 Å². The zero-order valence-electron chi connectivity index (χ0n) is 22.5. The average molecular weight is 637 g/mol. The summed E-state index contributed by atoms with van der Waals surface area (Å²) in [6, 6.07) is 0. The number of rotatable bonds is 9. The highest BCUT2D eigenvalue weighted by Gasteiger charge is 2.55. The van der Waals surface area contributed by atoms with Gasteiger partial charge in [-0.25, -0.2) is 0 Å². The maximum atomic E-state index is 11.2. The smallest absolute Gasteiger partial charge is 0.187 e. The lowest BCUT2D eigenvalue weighted by Crippen LogP contribution is -2.67. The van der Waals surface area contributed by atoms with Gasteiger partial charge in [0, 0.05) is 0 Å². The third-order valence-corrected chi connectivity index (χ3v) is 7.82. The molecule has 43 heavy (non-hydrogen) atoms. The third-order valence-electron chi connectivity index (χ3n) is 7.82. The second kappa shape index (κ2) is 14.7. The second-order valence-electron chi connectivity index (χ2n) is 10.7. The highest BCUT2D eigenvalue weighted by atomic mass is 16.8. The molecule has 4 aliphatic rings. The Morgan fingerprint density at radius 3 is 1.56 bits per heavy atom. The first kappa shape index (κ1) is 35.1. The van der Waals surface area contributed by atoms with Crippen LogP contribution in [0.3, 0.4) is 0 Å². The molecule has 0 bridgehead atoms. The van der Waals surface area contributed by atoms with Crippen LogP contribution >= 0.6 is 0 Å². The molecular weight excluding hydrogens is 596 g/mol. The Morgan fingerprint density at radius 2 is 0.953 bits per heavy atom. The van der Waals surface area contributed by atoms with Crippen LogP contribution in [-0.2, 0) is 33.2 Å². The van der Waals surface area contributed by atoms with E-state index >= 15 is 0 Å². The van der Waals surface area contributed by atoms with E-state index in [1.165, 1.54) is 0 Å². The molecule has 0 unspecified atom stereocenters. The first-order chi connectivity index (χ1) is 20.3. The minimum Gasteiger partial charge on any atom is -0.394 e. The molecule has 0 amide bonds. The van der Waals surface area contributed by atoms with Gasteiger partial charge in [-0.3, -0.25) is 0 Å². The fourth-order valence-corrected chi connectivity index (χ4v) is 5.23. The van der Waals surface area contributed by atoms with Gasteiger partial charge in [-0.05, 0) is 0 Å². The van der Waals surface area contributed by atoms with Crippen molar-refractivity contribution in [3.05, 3.63) is 0 Å². The van der Waals surface area contributed by atoms with Crippen molar-refractivity contribution < 1.29 is 99.5 Å². The minimum atomic E-state index is -2.00. The average Bonchev–Trinajstić information content (AvgIpc) is 2.99. The molecule has 0 radical (unpaired) electrons. The lowest BCUT2D eigenvalue weighted by Gasteiger charge is -2.49. The molecule has 0 aromatic heterocycles. The van der Waals surface area contributed by atoms with Crippen molar-refractivity contribution in [3.63, 3.8) is 0 Å². The van der Waals surface area contributed by atoms with Crippen LogP contribution in [0.5, 0.6) is 0 Å². The monoisotopic (exact) mass is 636 g/mol. The molecule has 0 aromatic rings. The van der Waals surface area contributed by atoms with E-state index in [-0.39, 0.29) is 0 Å². The van der Waals surface area contributed by atoms with Crippen molar-refractivity contribution in [1.29, 1.82) is 0 Å². The Hall–Kier alpha value is -0.800. The van der Waals surface area contributed by atoms with Crippen molar-refractivity contribution in [3.8, 4) is 0 Å². The van der Waals surface area contributed by atoms with Gasteiger partial charge in [-0.2, -0.15) is 0 Å². The van der Waals surface area contributed by atoms with E-state index in [1.54, 1.807) is 0 Å². The predicted octanol–water partition coefficient (Wildman–Crippen LogP) is -9.11. The van der Waals surface area contributed by atoms with Crippen LogP contribution in [-0.4, -0.2) is 210 Å². The summed E-state index contributed by atoms with van der Waals surface area (Å²) in [7, 11) is 0. The molecule has 4 fully saturated rings. The maximum absolute atomic E-state index is 11.2. The van der Waals surface area contributed by atoms with Gasteiger partial charge in [0.1, 0.15) is 91.6 Å². The van der Waals surface area contributed by atoms with Crippen molar-refractivity contribution in [2.45, 2.75) is 117 Å². The molecule has 20 nitrogen and oxygen atoms in total. The highest BCUT2D eigenvalue weighted by Crippen LogP contribution is 2.34. The highest BCUT2D eigenvalue weighted by molar-refractivity contribution is 4.97. The van der Waals surface area contributed by atoms with Crippen LogP contribution < -0.4 is 0 Å². The van der Waals surface area contributed by atoms with Crippen LogP contribution in [0.4, 0.5) is 0 Å². The molecule has 19 atom stereocenters. The molecule has 4 rings (SSSR count). The van der Waals surface area contributed by atoms with Gasteiger partial charge < -0.3 is 99.5 Å². The largest absolute Gasteiger partial charge is 0.394 e. The van der Waals surface area contributed by atoms with Gasteiger partial charge >= 0.3 is 0 Å². The molecular formula is C23H40O20. The summed E-state index contributed by atoms with van der Waals surface area (Å²) in [5.41, 5.74) is 0. The van der Waals surface area contributed by atoms with Crippen molar-refractivity contribution in [2.24, 2.45) is 0 Å². The molecule has 252 valence electrons. The zero-order chi connectivity index (χ0) is 31.7. The Morgan fingerprint density at radius 1 is 0.442 bits per heavy atom. The third kappa shape index (κ3) is 7.13. The molecule has 13 N–H and O–H groups in total. The summed E-state index contributed by atoms with van der Waals surface area (Å²) in [5, 5.41) is 132. The van der Waals surface area contributed by atoms with Crippen LogP contribution in [0.2, 0.25) is 0 Å². The van der Waals surface area contributed by atoms with Crippen molar-refractivity contribution in [1.82, 2.24) is 0 Å². The van der Waals surface area contributed by atoms with E-state index in [4.69, 9.17) is 33.2 Å². The number of hydrogen-bond acceptors (Lipinski definition) is 20. The van der Waals surface area contributed by atoms with Crippen LogP contribution in [0.25, 0.3) is 0 Å². The molecule has 4 saturated heterocycles. The standard InChI is InChI=1S/C23H40O20/c24-1-6-10(29)12(31)15(34)22(39-6)42-18-16(35)17(8(3-26)38-20(18)36)41-23-19(13(32)11(30)7(2-25)40-23)43-21-14(33)9(28)5(27)4-37-21/h5-36H,1-4H2/t5-,6-,7+,8-,9+,10-,11+,12+,13-,14-,15-,16-,17-,18-,19-,20+,21-,22+,23-/m0/s1. The molecule has 4 heterocycles. The number of hydrogen-bond donors (Lipinski definition) is 13. The predicted molar refractivity (Wildman–Crippen MR) is 128 cm³/mol. The summed E-state index contributed by atoms with van der Waals surface area (Å²) < 4.78 is 38.0. The fourth-order valence-electron chi connectivity index (χ4n) is 5.23. The molecule has 0 saturated carbocycles. The van der Waals surface area contributed by atoms with E-state index in [1.807, 2.05) is 0 Å². The Kier molecular flexibility index (Phi) is 12.0. The van der Waals surface area contributed by atoms with Crippen LogP contribution in [0, 0.1) is 0 Å². The summed E-state index contributed by atoms with van der Waals surface area (Å²) in [4.78, 5) is 0. The van der Waals surface area contributed by atoms with E-state index in [0.717, 1.165) is 0 Å². The van der Waals surface area contributed by atoms with E-state index in [9.17, 15) is 66.4 Å². The van der Waals surface area contributed by atoms with Gasteiger partial charge in [0.15, 0.2) is 25.2 Å². The molecule has 0 aliphatic carbocycles. The van der Waals surface area contributed by atoms with Crippen LogP contribution in [0.1, 0.15) is 0 Å². The number of aliphatic hydroxyl groups excluding tert-OH is 13. The maximum Gasteiger partial charge on any atom is 0.187 e. The number of ether oxygens (including phenoxy) is 7. The first-order valence-corrected chi connectivity index (χ1v) is 13.5. The Labute approximate surface area is 243 Å². The topological polar surface area (TPSA) is 328 Å². The molecule has 0 aromatic carbocycles. The molecule has 4 aliphatic heterocycles. The first-order valence-electron chi connectivity index (χ1n) is 13.5. The SMILES string of the molecule is OC[C@@H]1O[C@H](O[C@H]2[C@@H](O)[C@@H](O[C@@H]3O[C@H](CO)[C@@H](O)[C@H](O)[C@@H]3O[C@@H]3OC[C@H](O)[C@@H](O)[C@@H]3O)[C@H](CO)O[C@H]2O)[C@@H](O)[C@H](O)[C@H]1O. The fraction of sp³-hybridized carbons (Fsp3) is 1.00.